The van der Waals surface area contributed by atoms with Crippen LogP contribution >= 0.6 is 8.53 Å². The van der Waals surface area contributed by atoms with Gasteiger partial charge in [-0.15, -0.1) is 0 Å². The molecule has 0 aromatic carbocycles. The maximum atomic E-state index is 13.1. The first-order valence-electron chi connectivity index (χ1n) is 38.0. The number of carboxylic acids is 1. The molecule has 0 radical (unpaired) electrons. The van der Waals surface area contributed by atoms with E-state index in [1.54, 1.807) is 63.2 Å². The normalized spacial score (nSPS) is 17.9. The molecule has 3 saturated heterocycles. The fourth-order valence-electron chi connectivity index (χ4n) is 13.6. The Labute approximate surface area is 629 Å². The maximum absolute atomic E-state index is 13.1. The van der Waals surface area contributed by atoms with E-state index in [-0.39, 0.29) is 93.6 Å². The first-order chi connectivity index (χ1) is 51.0. The van der Waals surface area contributed by atoms with Gasteiger partial charge in [-0.05, 0) is 191 Å². The van der Waals surface area contributed by atoms with Gasteiger partial charge in [0.15, 0.2) is 0 Å². The SMILES string of the molecule is CCn1cc(C(=O)NCCCCCC(=O)N2C[C@H](O)C[C@H]2C)c(=O)c2ccc(C)nc21.CCn1cc(C(=O)NCCCCCC(=O)N2C[C@H](OP(OCCC#N)N(C(C)C)C(C)C)C[C@H]2C)c(=O)c2ccc(C)nc21.CCn1cc(C(=O)O)c(=O)c2ccc(C)nc21.C[C@@H]1C[C@@H](O)CN1C(=O)CCCCCN. The average Bonchev–Trinajstić information content (AvgIpc) is 1.69. The molecule has 3 fully saturated rings. The second-order valence-corrected chi connectivity index (χ2v) is 29.9. The van der Waals surface area contributed by atoms with Gasteiger partial charge in [-0.1, -0.05) is 19.3 Å². The van der Waals surface area contributed by atoms with Crippen molar-refractivity contribution in [3.63, 3.8) is 0 Å². The van der Waals surface area contributed by atoms with E-state index in [0.717, 1.165) is 68.4 Å². The van der Waals surface area contributed by atoms with E-state index < -0.39 is 31.9 Å². The summed E-state index contributed by atoms with van der Waals surface area (Å²) in [6.07, 6.45) is 14.9. The monoisotopic (exact) mass is 1500 g/mol. The van der Waals surface area contributed by atoms with Crippen molar-refractivity contribution in [2.45, 2.75) is 261 Å². The van der Waals surface area contributed by atoms with E-state index >= 15 is 0 Å². The predicted molar refractivity (Wildman–Crippen MR) is 415 cm³/mol. The number of rotatable bonds is 31. The van der Waals surface area contributed by atoms with E-state index in [1.807, 2.05) is 69.4 Å². The fourth-order valence-corrected chi connectivity index (χ4v) is 15.3. The van der Waals surface area contributed by atoms with Gasteiger partial charge in [0.2, 0.25) is 34.0 Å². The lowest BCUT2D eigenvalue weighted by molar-refractivity contribution is -0.132. The highest BCUT2D eigenvalue weighted by Gasteiger charge is 2.38. The summed E-state index contributed by atoms with van der Waals surface area (Å²) in [4.78, 5) is 130. The average molecular weight is 1500 g/mol. The van der Waals surface area contributed by atoms with Crippen LogP contribution in [-0.2, 0) is 43.1 Å². The number of aliphatic hydroxyl groups excluding tert-OH is 2. The zero-order valence-electron chi connectivity index (χ0n) is 65.0. The summed E-state index contributed by atoms with van der Waals surface area (Å²) in [6.45, 7) is 30.9. The van der Waals surface area contributed by atoms with Crippen LogP contribution in [0, 0.1) is 32.1 Å². The van der Waals surface area contributed by atoms with Gasteiger partial charge in [-0.25, -0.2) is 24.4 Å². The quantitative estimate of drug-likeness (QED) is 0.0174. The number of carbonyl (C=O) groups excluding carboxylic acids is 5. The van der Waals surface area contributed by atoms with Crippen LogP contribution in [-0.4, -0.2) is 193 Å². The highest BCUT2D eigenvalue weighted by Crippen LogP contribution is 2.48. The molecule has 5 amide bonds. The number of nitrogens with zero attached hydrogens (tertiary/aromatic N) is 11. The Morgan fingerprint density at radius 1 is 0.570 bits per heavy atom. The van der Waals surface area contributed by atoms with Crippen molar-refractivity contribution in [3.8, 4) is 6.07 Å². The molecule has 3 aliphatic rings. The van der Waals surface area contributed by atoms with Crippen LogP contribution in [0.25, 0.3) is 33.1 Å². The molecule has 6 aromatic heterocycles. The van der Waals surface area contributed by atoms with E-state index in [2.05, 4.69) is 70.9 Å². The lowest BCUT2D eigenvalue weighted by Gasteiger charge is -2.36. The fraction of sp³-hybridized carbons (Fsp3) is 0.603. The Morgan fingerprint density at radius 3 is 1.28 bits per heavy atom. The Morgan fingerprint density at radius 2 is 0.935 bits per heavy atom. The molecule has 3 aliphatic heterocycles. The smallest absolute Gasteiger partial charge is 0.341 e. The van der Waals surface area contributed by atoms with E-state index in [4.69, 9.17) is 25.1 Å². The number of nitriles is 1. The largest absolute Gasteiger partial charge is 0.477 e. The number of fused-ring (bicyclic) bond motifs is 3. The van der Waals surface area contributed by atoms with Crippen molar-refractivity contribution in [2.75, 3.05) is 45.9 Å². The van der Waals surface area contributed by atoms with E-state index in [9.17, 15) is 53.4 Å². The minimum atomic E-state index is -1.35. The van der Waals surface area contributed by atoms with Crippen LogP contribution in [0.15, 0.2) is 69.4 Å². The van der Waals surface area contributed by atoms with Gasteiger partial charge in [0.1, 0.15) is 33.6 Å². The molecule has 7 atom stereocenters. The Kier molecular flexibility index (Phi) is 35.1. The number of likely N-dealkylation sites (tertiary alicyclic amines) is 3. The summed E-state index contributed by atoms with van der Waals surface area (Å²) >= 11 is 0. The van der Waals surface area contributed by atoms with Crippen LogP contribution in [0.2, 0.25) is 0 Å². The molecular weight excluding hydrogens is 1390 g/mol. The number of hydrogen-bond donors (Lipinski definition) is 6. The number of β-amino-alcohol motifs (C(OH)–C–C–N with tert-alkyl or cyclic N) is 2. The molecule has 0 spiro atoms. The number of aromatic nitrogens is 6. The predicted octanol–water partition coefficient (Wildman–Crippen LogP) is 9.20. The molecule has 7 N–H and O–H groups in total. The van der Waals surface area contributed by atoms with Crippen LogP contribution in [0.3, 0.4) is 0 Å². The van der Waals surface area contributed by atoms with Crippen molar-refractivity contribution in [2.24, 2.45) is 5.73 Å². The highest BCUT2D eigenvalue weighted by molar-refractivity contribution is 7.44. The molecule has 0 saturated carbocycles. The van der Waals surface area contributed by atoms with Crippen molar-refractivity contribution in [3.05, 3.63) is 119 Å². The van der Waals surface area contributed by atoms with Gasteiger partial charge in [0.25, 0.3) is 20.3 Å². The zero-order chi connectivity index (χ0) is 78.8. The van der Waals surface area contributed by atoms with E-state index in [1.165, 1.54) is 6.20 Å². The van der Waals surface area contributed by atoms with Crippen molar-refractivity contribution >= 4 is 77.1 Å². The molecule has 1 unspecified atom stereocenters. The number of carboxylic acid groups (broad SMARTS) is 1. The van der Waals surface area contributed by atoms with Crippen LogP contribution < -0.4 is 32.7 Å². The first-order valence-corrected chi connectivity index (χ1v) is 39.1. The standard InChI is InChI=1S/C32H49N6O5P.C23H32N4O4.C12H12N2O3.C11H22N2O2/c1-8-36-21-28(30(40)27-15-14-24(6)35-31(27)36)32(41)34-17-11-9-10-13-29(39)37-20-26(19-25(37)7)43-44(42-18-12-16-33)38(22(2)3)23(4)5;1-4-26-14-19(21(30)18-10-9-15(2)25-22(18)26)23(31)24-11-7-5-6-8-20(29)27-13-17(28)12-16(27)3;1-3-14-6-9(12(16)17)10(15)8-5-4-7(2)13-11(8)14;1-9-7-10(14)8-13(9)11(15)5-3-2-4-6-12/h14-15,21-23,25-26H,8-13,17-20H2,1-7H3,(H,34,41);9-10,14,16-17,28H,4-8,11-13H2,1-3H3,(H,24,31);4-6H,3H2,1-2H3,(H,16,17);9-10,14H,2-8,12H2,1H3/t25-,26-,44?;16-,17-;;9-,10-/m11.1/s1. The molecule has 586 valence electrons. The van der Waals surface area contributed by atoms with Crippen molar-refractivity contribution in [1.82, 2.24) is 58.7 Å². The number of pyridine rings is 6. The third kappa shape index (κ3) is 24.8. The van der Waals surface area contributed by atoms with Gasteiger partial charge in [-0.2, -0.15) is 5.26 Å². The summed E-state index contributed by atoms with van der Waals surface area (Å²) in [5.74, 6) is -1.63. The van der Waals surface area contributed by atoms with Crippen LogP contribution in [0.5, 0.6) is 0 Å². The van der Waals surface area contributed by atoms with Gasteiger partial charge in [-0.3, -0.25) is 38.4 Å². The van der Waals surface area contributed by atoms with E-state index in [0.29, 0.717) is 150 Å². The lowest BCUT2D eigenvalue weighted by atomic mass is 10.1. The topological polar surface area (TPSA) is 373 Å². The molecule has 0 bridgehead atoms. The van der Waals surface area contributed by atoms with Crippen LogP contribution in [0.1, 0.15) is 220 Å². The molecule has 0 aliphatic carbocycles. The number of nitrogens with one attached hydrogen (secondary N) is 2. The number of nitrogens with two attached hydrogens (primary N) is 1. The molecule has 9 rings (SSSR count). The highest BCUT2D eigenvalue weighted by atomic mass is 31.2. The number of aromatic carboxylic acids is 1. The number of carbonyl (C=O) groups is 6. The number of aryl methyl sites for hydroxylation is 6. The summed E-state index contributed by atoms with van der Waals surface area (Å²) < 4.78 is 20.0. The Balaban J connectivity index is 0.000000244. The zero-order valence-corrected chi connectivity index (χ0v) is 65.9. The minimum absolute atomic E-state index is 0.0718. The van der Waals surface area contributed by atoms with Gasteiger partial charge in [0, 0.05) is 138 Å². The maximum Gasteiger partial charge on any atom is 0.341 e. The van der Waals surface area contributed by atoms with Crippen LogP contribution in [0.4, 0.5) is 0 Å². The molecule has 28 nitrogen and oxygen atoms in total. The molecule has 29 heteroatoms. The third-order valence-electron chi connectivity index (χ3n) is 19.2. The first kappa shape index (κ1) is 87.5. The second kappa shape index (κ2) is 42.9. The molecule has 107 heavy (non-hydrogen) atoms. The molecule has 9 heterocycles. The van der Waals surface area contributed by atoms with Crippen molar-refractivity contribution in [1.29, 1.82) is 5.26 Å². The van der Waals surface area contributed by atoms with Gasteiger partial charge < -0.3 is 69.1 Å². The summed E-state index contributed by atoms with van der Waals surface area (Å²) in [5.41, 5.74) is 8.43. The summed E-state index contributed by atoms with van der Waals surface area (Å²) in [7, 11) is -1.35. The van der Waals surface area contributed by atoms with Gasteiger partial charge >= 0.3 is 5.97 Å². The number of hydrogen-bond acceptors (Lipinski definition) is 19. The number of amides is 5. The minimum Gasteiger partial charge on any atom is -0.477 e. The Hall–Kier alpha value is -8.42. The van der Waals surface area contributed by atoms with Crippen molar-refractivity contribution < 1.29 is 53.1 Å². The van der Waals surface area contributed by atoms with Gasteiger partial charge in [0.05, 0.1) is 53.6 Å². The molecule has 6 aromatic rings. The molecular formula is C78H115N14O14P. The second-order valence-electron chi connectivity index (χ2n) is 28.5. The number of aliphatic hydroxyl groups is 2. The Bertz CT molecular complexity index is 4220. The summed E-state index contributed by atoms with van der Waals surface area (Å²) in [5, 5.41) is 43.9. The lowest BCUT2D eigenvalue weighted by Crippen LogP contribution is -2.36. The summed E-state index contributed by atoms with van der Waals surface area (Å²) in [6, 6.07) is 13.2. The number of unbranched alkanes of at least 4 members (excludes halogenated alkanes) is 6. The third-order valence-corrected chi connectivity index (χ3v) is 21.4.